The second-order valence-electron chi connectivity index (χ2n) is 10.4. The molecular formula is C31H39N3O3. The third-order valence-corrected chi connectivity index (χ3v) is 7.65. The molecule has 196 valence electrons. The second-order valence-corrected chi connectivity index (χ2v) is 10.4. The van der Waals surface area contributed by atoms with Crippen LogP contribution in [-0.2, 0) is 17.9 Å². The Kier molecular flexibility index (Phi) is 8.72. The van der Waals surface area contributed by atoms with Gasteiger partial charge in [0.1, 0.15) is 5.75 Å². The molecule has 2 heterocycles. The minimum Gasteiger partial charge on any atom is -0.497 e. The van der Waals surface area contributed by atoms with Crippen LogP contribution in [0.15, 0.2) is 60.7 Å². The van der Waals surface area contributed by atoms with E-state index in [1.165, 1.54) is 47.8 Å². The third kappa shape index (κ3) is 7.10. The summed E-state index contributed by atoms with van der Waals surface area (Å²) in [5, 5.41) is 5.75. The first kappa shape index (κ1) is 25.7. The van der Waals surface area contributed by atoms with Crippen molar-refractivity contribution < 1.29 is 14.3 Å². The monoisotopic (exact) mass is 501 g/mol. The molecule has 3 aromatic carbocycles. The second kappa shape index (κ2) is 12.5. The Hall–Kier alpha value is -2.93. The number of hydrogen-bond donors (Lipinski definition) is 1. The smallest absolute Gasteiger partial charge is 0.251 e. The molecule has 1 N–H and O–H groups in total. The van der Waals surface area contributed by atoms with Gasteiger partial charge in [0.25, 0.3) is 5.91 Å². The summed E-state index contributed by atoms with van der Waals surface area (Å²) in [7, 11) is 1.62. The van der Waals surface area contributed by atoms with Gasteiger partial charge in [0.15, 0.2) is 0 Å². The van der Waals surface area contributed by atoms with Gasteiger partial charge < -0.3 is 19.7 Å². The Bertz CT molecular complexity index is 1180. The molecule has 0 radical (unpaired) electrons. The molecule has 2 saturated heterocycles. The molecule has 0 bridgehead atoms. The predicted molar refractivity (Wildman–Crippen MR) is 148 cm³/mol. The number of ether oxygens (including phenoxy) is 2. The first-order valence-corrected chi connectivity index (χ1v) is 13.7. The number of methoxy groups -OCH3 is 1. The number of nitrogens with zero attached hydrogens (tertiary/aromatic N) is 2. The van der Waals surface area contributed by atoms with Crippen molar-refractivity contribution in [2.75, 3.05) is 46.4 Å². The van der Waals surface area contributed by atoms with Crippen LogP contribution >= 0.6 is 0 Å². The topological polar surface area (TPSA) is 54.0 Å². The Morgan fingerprint density at radius 2 is 1.65 bits per heavy atom. The van der Waals surface area contributed by atoms with Crippen molar-refractivity contribution in [2.24, 2.45) is 0 Å². The molecule has 0 aromatic heterocycles. The lowest BCUT2D eigenvalue weighted by Gasteiger charge is -2.32. The van der Waals surface area contributed by atoms with Crippen LogP contribution in [0.1, 0.15) is 47.2 Å². The average molecular weight is 502 g/mol. The van der Waals surface area contributed by atoms with E-state index < -0.39 is 0 Å². The maximum Gasteiger partial charge on any atom is 0.251 e. The number of rotatable bonds is 10. The zero-order valence-electron chi connectivity index (χ0n) is 22.0. The molecule has 2 aliphatic heterocycles. The van der Waals surface area contributed by atoms with Crippen LogP contribution in [0, 0.1) is 0 Å². The number of piperidine rings is 1. The Balaban J connectivity index is 1.09. The van der Waals surface area contributed by atoms with E-state index in [1.807, 2.05) is 18.2 Å². The molecule has 1 amide bonds. The number of amides is 1. The quantitative estimate of drug-likeness (QED) is 0.403. The van der Waals surface area contributed by atoms with Crippen molar-refractivity contribution in [3.05, 3.63) is 77.4 Å². The average Bonchev–Trinajstić information content (AvgIpc) is 3.46. The molecule has 0 spiro atoms. The highest BCUT2D eigenvalue weighted by Crippen LogP contribution is 2.21. The maximum atomic E-state index is 12.7. The van der Waals surface area contributed by atoms with Crippen molar-refractivity contribution in [1.82, 2.24) is 15.1 Å². The van der Waals surface area contributed by atoms with Gasteiger partial charge in [-0.2, -0.15) is 0 Å². The van der Waals surface area contributed by atoms with Crippen LogP contribution in [0.5, 0.6) is 5.75 Å². The van der Waals surface area contributed by atoms with Crippen LogP contribution in [0.25, 0.3) is 10.8 Å². The minimum atomic E-state index is -0.0253. The van der Waals surface area contributed by atoms with Crippen LogP contribution < -0.4 is 10.1 Å². The zero-order valence-corrected chi connectivity index (χ0v) is 22.0. The Labute approximate surface area is 220 Å². The SMILES string of the molecule is COc1cccc(C(=O)NC2CCN(Cc3ccc4ccc(COCCN5CCCC5)cc4c3)CC2)c1. The van der Waals surface area contributed by atoms with Crippen molar-refractivity contribution >= 4 is 16.7 Å². The van der Waals surface area contributed by atoms with Gasteiger partial charge in [-0.1, -0.05) is 30.3 Å². The molecule has 0 aliphatic carbocycles. The zero-order chi connectivity index (χ0) is 25.5. The van der Waals surface area contributed by atoms with Gasteiger partial charge >= 0.3 is 0 Å². The van der Waals surface area contributed by atoms with E-state index in [2.05, 4.69) is 51.5 Å². The van der Waals surface area contributed by atoms with E-state index in [1.54, 1.807) is 13.2 Å². The molecule has 6 nitrogen and oxygen atoms in total. The molecule has 2 fully saturated rings. The lowest BCUT2D eigenvalue weighted by Crippen LogP contribution is -2.44. The number of nitrogens with one attached hydrogen (secondary N) is 1. The fourth-order valence-electron chi connectivity index (χ4n) is 5.45. The summed E-state index contributed by atoms with van der Waals surface area (Å²) in [6, 6.07) is 21.0. The van der Waals surface area contributed by atoms with Gasteiger partial charge in [-0.15, -0.1) is 0 Å². The molecule has 6 heteroatoms. The summed E-state index contributed by atoms with van der Waals surface area (Å²) in [5.74, 6) is 0.678. The number of likely N-dealkylation sites (tertiary alicyclic amines) is 2. The van der Waals surface area contributed by atoms with Crippen molar-refractivity contribution in [2.45, 2.75) is 44.9 Å². The van der Waals surface area contributed by atoms with Gasteiger partial charge in [0, 0.05) is 37.8 Å². The standard InChI is InChI=1S/C31H39N3O3/c1-36-30-6-4-5-27(21-30)31(35)32-29-11-15-34(16-12-29)22-24-7-9-26-10-8-25(20-28(26)19-24)23-37-18-17-33-13-2-3-14-33/h4-10,19-21,29H,2-3,11-18,22-23H2,1H3,(H,32,35). The molecule has 5 rings (SSSR count). The normalized spacial score (nSPS) is 17.3. The number of carbonyl (C=O) groups excluding carboxylic acids is 1. The van der Waals surface area contributed by atoms with Gasteiger partial charge in [0.2, 0.25) is 0 Å². The van der Waals surface area contributed by atoms with Crippen LogP contribution in [0.4, 0.5) is 0 Å². The van der Waals surface area contributed by atoms with E-state index in [0.29, 0.717) is 17.9 Å². The molecule has 3 aromatic rings. The van der Waals surface area contributed by atoms with E-state index in [-0.39, 0.29) is 11.9 Å². The summed E-state index contributed by atoms with van der Waals surface area (Å²) in [6.07, 6.45) is 4.57. The fraction of sp³-hybridized carbons (Fsp3) is 0.452. The number of fused-ring (bicyclic) bond motifs is 1. The van der Waals surface area contributed by atoms with Crippen LogP contribution in [0.3, 0.4) is 0 Å². The van der Waals surface area contributed by atoms with E-state index in [4.69, 9.17) is 9.47 Å². The van der Waals surface area contributed by atoms with E-state index in [9.17, 15) is 4.79 Å². The largest absolute Gasteiger partial charge is 0.497 e. The number of benzene rings is 3. The summed E-state index contributed by atoms with van der Waals surface area (Å²) >= 11 is 0. The Morgan fingerprint density at radius 1 is 0.892 bits per heavy atom. The van der Waals surface area contributed by atoms with Crippen molar-refractivity contribution in [3.8, 4) is 5.75 Å². The molecular weight excluding hydrogens is 462 g/mol. The summed E-state index contributed by atoms with van der Waals surface area (Å²) in [6.45, 7) is 7.84. The van der Waals surface area contributed by atoms with Gasteiger partial charge in [0.05, 0.1) is 20.3 Å². The summed E-state index contributed by atoms with van der Waals surface area (Å²) in [5.41, 5.74) is 3.21. The van der Waals surface area contributed by atoms with Crippen LogP contribution in [0.2, 0.25) is 0 Å². The van der Waals surface area contributed by atoms with Crippen LogP contribution in [-0.4, -0.2) is 68.2 Å². The number of carbonyl (C=O) groups is 1. The Morgan fingerprint density at radius 3 is 2.43 bits per heavy atom. The molecule has 37 heavy (non-hydrogen) atoms. The summed E-state index contributed by atoms with van der Waals surface area (Å²) in [4.78, 5) is 17.6. The van der Waals surface area contributed by atoms with Crippen molar-refractivity contribution in [3.63, 3.8) is 0 Å². The van der Waals surface area contributed by atoms with Gasteiger partial charge in [-0.3, -0.25) is 9.69 Å². The highest BCUT2D eigenvalue weighted by atomic mass is 16.5. The van der Waals surface area contributed by atoms with E-state index in [0.717, 1.165) is 45.6 Å². The lowest BCUT2D eigenvalue weighted by molar-refractivity contribution is 0.0908. The summed E-state index contributed by atoms with van der Waals surface area (Å²) < 4.78 is 11.2. The van der Waals surface area contributed by atoms with Gasteiger partial charge in [-0.05, 0) is 91.0 Å². The fourth-order valence-corrected chi connectivity index (χ4v) is 5.45. The third-order valence-electron chi connectivity index (χ3n) is 7.65. The maximum absolute atomic E-state index is 12.7. The van der Waals surface area contributed by atoms with Gasteiger partial charge in [-0.25, -0.2) is 0 Å². The molecule has 0 unspecified atom stereocenters. The first-order chi connectivity index (χ1) is 18.2. The highest BCUT2D eigenvalue weighted by molar-refractivity contribution is 5.94. The minimum absolute atomic E-state index is 0.0253. The predicted octanol–water partition coefficient (Wildman–Crippen LogP) is 4.86. The number of hydrogen-bond acceptors (Lipinski definition) is 5. The molecule has 0 atom stereocenters. The highest BCUT2D eigenvalue weighted by Gasteiger charge is 2.21. The first-order valence-electron chi connectivity index (χ1n) is 13.7. The lowest BCUT2D eigenvalue weighted by atomic mass is 10.0. The van der Waals surface area contributed by atoms with E-state index >= 15 is 0 Å². The molecule has 0 saturated carbocycles. The van der Waals surface area contributed by atoms with Crippen molar-refractivity contribution in [1.29, 1.82) is 0 Å². The molecule has 2 aliphatic rings.